The Hall–Kier alpha value is -2.29. The normalized spacial score (nSPS) is 11.2. The van der Waals surface area contributed by atoms with E-state index in [9.17, 15) is 4.79 Å². The van der Waals surface area contributed by atoms with Crippen LogP contribution in [0.3, 0.4) is 0 Å². The van der Waals surface area contributed by atoms with Gasteiger partial charge in [-0.1, -0.05) is 42.3 Å². The second-order valence-corrected chi connectivity index (χ2v) is 7.94. The summed E-state index contributed by atoms with van der Waals surface area (Å²) in [5.74, 6) is 0.263. The van der Waals surface area contributed by atoms with Gasteiger partial charge in [0.05, 0.1) is 10.7 Å². The molecule has 9 heteroatoms. The summed E-state index contributed by atoms with van der Waals surface area (Å²) in [6, 6.07) is 7.99. The van der Waals surface area contributed by atoms with Gasteiger partial charge in [0.15, 0.2) is 10.8 Å². The number of aromatic nitrogens is 4. The van der Waals surface area contributed by atoms with Gasteiger partial charge >= 0.3 is 5.97 Å². The van der Waals surface area contributed by atoms with Gasteiger partial charge in [-0.15, -0.1) is 0 Å². The summed E-state index contributed by atoms with van der Waals surface area (Å²) in [7, 11) is 1.98. The molecule has 29 heavy (non-hydrogen) atoms. The Labute approximate surface area is 179 Å². The molecule has 0 saturated carbocycles. The van der Waals surface area contributed by atoms with Gasteiger partial charge in [-0.25, -0.2) is 9.67 Å². The summed E-state index contributed by atoms with van der Waals surface area (Å²) in [5, 5.41) is 5.48. The number of hydrogen-bond acceptors (Lipinski definition) is 7. The number of likely N-dealkylation sites (N-methyl/N-ethyl adjacent to an activating group) is 1. The van der Waals surface area contributed by atoms with Gasteiger partial charge < -0.3 is 9.64 Å². The fourth-order valence-corrected chi connectivity index (χ4v) is 3.76. The molecule has 0 atom stereocenters. The molecule has 154 valence electrons. The van der Waals surface area contributed by atoms with Gasteiger partial charge in [0, 0.05) is 12.1 Å². The number of benzene rings is 1. The van der Waals surface area contributed by atoms with Crippen LogP contribution in [0.15, 0.2) is 24.3 Å². The average Bonchev–Trinajstić information content (AvgIpc) is 3.26. The molecule has 3 aromatic rings. The predicted molar refractivity (Wildman–Crippen MR) is 115 cm³/mol. The molecule has 0 saturated heterocycles. The quantitative estimate of drug-likeness (QED) is 0.502. The van der Waals surface area contributed by atoms with E-state index in [1.807, 2.05) is 38.2 Å². The van der Waals surface area contributed by atoms with E-state index in [1.165, 1.54) is 11.5 Å². The van der Waals surface area contributed by atoms with Crippen LogP contribution in [0, 0.1) is 13.8 Å². The van der Waals surface area contributed by atoms with Gasteiger partial charge in [0.2, 0.25) is 0 Å². The van der Waals surface area contributed by atoms with Crippen molar-refractivity contribution < 1.29 is 9.53 Å². The molecule has 0 fully saturated rings. The number of hydrogen-bond donors (Lipinski definition) is 0. The smallest absolute Gasteiger partial charge is 0.327 e. The molecule has 0 aliphatic heterocycles. The van der Waals surface area contributed by atoms with Crippen LogP contribution in [0.5, 0.6) is 0 Å². The molecule has 3 rings (SSSR count). The van der Waals surface area contributed by atoms with Gasteiger partial charge in [0.1, 0.15) is 18.8 Å². The standard InChI is InChI=1S/C20H24ClN5O2S/c1-5-25(4)9-10-28-16(27)12-26-18(17(21)14(3)23-26)20-22-19(24-29-20)15-8-6-7-13(2)11-15/h6-8,11H,5,9-10,12H2,1-4H3. The van der Waals surface area contributed by atoms with Crippen LogP contribution in [-0.2, 0) is 16.1 Å². The molecular formula is C20H24ClN5O2S. The molecule has 7 nitrogen and oxygen atoms in total. The zero-order chi connectivity index (χ0) is 21.0. The third-order valence-corrected chi connectivity index (χ3v) is 5.69. The number of aryl methyl sites for hydroxylation is 2. The number of nitrogens with zero attached hydrogens (tertiary/aromatic N) is 5. The first-order chi connectivity index (χ1) is 13.9. The van der Waals surface area contributed by atoms with Crippen LogP contribution in [0.4, 0.5) is 0 Å². The third-order valence-electron chi connectivity index (χ3n) is 4.51. The number of ether oxygens (including phenoxy) is 1. The van der Waals surface area contributed by atoms with Crippen LogP contribution in [0.25, 0.3) is 22.1 Å². The fourth-order valence-electron chi connectivity index (χ4n) is 2.74. The molecule has 0 N–H and O–H groups in total. The number of carbonyl (C=O) groups is 1. The van der Waals surface area contributed by atoms with Crippen molar-refractivity contribution in [1.82, 2.24) is 24.0 Å². The van der Waals surface area contributed by atoms with Crippen molar-refractivity contribution in [3.05, 3.63) is 40.5 Å². The number of esters is 1. The highest BCUT2D eigenvalue weighted by atomic mass is 35.5. The van der Waals surface area contributed by atoms with Crippen molar-refractivity contribution in [2.45, 2.75) is 27.3 Å². The summed E-state index contributed by atoms with van der Waals surface area (Å²) >= 11 is 7.71. The Balaban J connectivity index is 1.79. The minimum atomic E-state index is -0.363. The van der Waals surface area contributed by atoms with Gasteiger partial charge in [0.25, 0.3) is 0 Å². The molecule has 2 heterocycles. The van der Waals surface area contributed by atoms with Gasteiger partial charge in [-0.3, -0.25) is 4.79 Å². The van der Waals surface area contributed by atoms with Crippen molar-refractivity contribution in [1.29, 1.82) is 0 Å². The summed E-state index contributed by atoms with van der Waals surface area (Å²) in [6.07, 6.45) is 0. The summed E-state index contributed by atoms with van der Waals surface area (Å²) in [5.41, 5.74) is 3.29. The molecule has 0 bridgehead atoms. The monoisotopic (exact) mass is 433 g/mol. The molecule has 0 aliphatic rings. The maximum Gasteiger partial charge on any atom is 0.327 e. The lowest BCUT2D eigenvalue weighted by molar-refractivity contribution is -0.144. The van der Waals surface area contributed by atoms with E-state index in [0.717, 1.165) is 17.7 Å². The van der Waals surface area contributed by atoms with E-state index in [2.05, 4.69) is 26.3 Å². The van der Waals surface area contributed by atoms with E-state index < -0.39 is 0 Å². The van der Waals surface area contributed by atoms with Crippen LogP contribution in [0.2, 0.25) is 5.02 Å². The summed E-state index contributed by atoms with van der Waals surface area (Å²) in [6.45, 7) is 7.76. The number of carbonyl (C=O) groups excluding carboxylic acids is 1. The van der Waals surface area contributed by atoms with E-state index in [1.54, 1.807) is 11.6 Å². The molecule has 2 aromatic heterocycles. The average molecular weight is 434 g/mol. The predicted octanol–water partition coefficient (Wildman–Crippen LogP) is 3.83. The molecule has 0 aliphatic carbocycles. The highest BCUT2D eigenvalue weighted by molar-refractivity contribution is 7.09. The zero-order valence-corrected chi connectivity index (χ0v) is 18.5. The Morgan fingerprint density at radius 3 is 2.86 bits per heavy atom. The number of rotatable bonds is 8. The summed E-state index contributed by atoms with van der Waals surface area (Å²) < 4.78 is 11.3. The van der Waals surface area contributed by atoms with E-state index in [4.69, 9.17) is 16.3 Å². The maximum absolute atomic E-state index is 12.3. The Morgan fingerprint density at radius 2 is 2.14 bits per heavy atom. The van der Waals surface area contributed by atoms with E-state index >= 15 is 0 Å². The van der Waals surface area contributed by atoms with Crippen LogP contribution in [0.1, 0.15) is 18.2 Å². The van der Waals surface area contributed by atoms with Crippen LogP contribution in [-0.4, -0.2) is 56.8 Å². The minimum absolute atomic E-state index is 0.0297. The molecule has 0 unspecified atom stereocenters. The van der Waals surface area contributed by atoms with Crippen molar-refractivity contribution in [2.24, 2.45) is 0 Å². The highest BCUT2D eigenvalue weighted by Gasteiger charge is 2.21. The highest BCUT2D eigenvalue weighted by Crippen LogP contribution is 2.33. The van der Waals surface area contributed by atoms with Crippen molar-refractivity contribution in [3.63, 3.8) is 0 Å². The molecular weight excluding hydrogens is 410 g/mol. The van der Waals surface area contributed by atoms with E-state index in [-0.39, 0.29) is 12.5 Å². The first kappa shape index (κ1) is 21.4. The first-order valence-electron chi connectivity index (χ1n) is 9.37. The van der Waals surface area contributed by atoms with Crippen LogP contribution < -0.4 is 0 Å². The van der Waals surface area contributed by atoms with Gasteiger partial charge in [-0.05, 0) is 45.0 Å². The molecule has 1 aromatic carbocycles. The fraction of sp³-hybridized carbons (Fsp3) is 0.400. The Morgan fingerprint density at radius 1 is 1.34 bits per heavy atom. The third kappa shape index (κ3) is 5.20. The molecule has 0 spiro atoms. The Kier molecular flexibility index (Phi) is 7.00. The SMILES string of the molecule is CCN(C)CCOC(=O)Cn1nc(C)c(Cl)c1-c1nc(-c2cccc(C)c2)ns1. The van der Waals surface area contributed by atoms with Crippen molar-refractivity contribution >= 4 is 29.1 Å². The topological polar surface area (TPSA) is 73.1 Å². The minimum Gasteiger partial charge on any atom is -0.463 e. The lowest BCUT2D eigenvalue weighted by Gasteiger charge is -2.13. The van der Waals surface area contributed by atoms with Crippen LogP contribution >= 0.6 is 23.1 Å². The summed E-state index contributed by atoms with van der Waals surface area (Å²) in [4.78, 5) is 19.0. The largest absolute Gasteiger partial charge is 0.463 e. The second-order valence-electron chi connectivity index (χ2n) is 6.81. The van der Waals surface area contributed by atoms with Crippen molar-refractivity contribution in [2.75, 3.05) is 26.7 Å². The number of halogens is 1. The zero-order valence-electron chi connectivity index (χ0n) is 17.0. The van der Waals surface area contributed by atoms with Gasteiger partial charge in [-0.2, -0.15) is 9.47 Å². The van der Waals surface area contributed by atoms with Crippen molar-refractivity contribution in [3.8, 4) is 22.1 Å². The van der Waals surface area contributed by atoms with E-state index in [0.29, 0.717) is 40.4 Å². The first-order valence-corrected chi connectivity index (χ1v) is 10.5. The molecule has 0 amide bonds. The lowest BCUT2D eigenvalue weighted by atomic mass is 10.1. The Bertz CT molecular complexity index is 1000. The maximum atomic E-state index is 12.3. The second kappa shape index (κ2) is 9.47. The lowest BCUT2D eigenvalue weighted by Crippen LogP contribution is -2.25. The molecule has 0 radical (unpaired) electrons.